The van der Waals surface area contributed by atoms with Crippen molar-refractivity contribution in [2.75, 3.05) is 13.2 Å². The van der Waals surface area contributed by atoms with E-state index in [0.29, 0.717) is 30.4 Å². The van der Waals surface area contributed by atoms with Crippen LogP contribution in [0.5, 0.6) is 11.5 Å². The summed E-state index contributed by atoms with van der Waals surface area (Å²) in [6.07, 6.45) is 0.831. The average Bonchev–Trinajstić information content (AvgIpc) is 2.80. The fraction of sp³-hybridized carbons (Fsp3) is 0.389. The first-order valence-corrected chi connectivity index (χ1v) is 8.30. The molecular weight excluding hydrogens is 322 g/mol. The number of carbonyl (C=O) groups is 1. The van der Waals surface area contributed by atoms with Crippen molar-refractivity contribution in [3.63, 3.8) is 0 Å². The van der Waals surface area contributed by atoms with Crippen LogP contribution in [0, 0.1) is 0 Å². The lowest BCUT2D eigenvalue weighted by molar-refractivity contribution is -0.122. The smallest absolute Gasteiger partial charge is 0.267 e. The number of hydrogen-bond acceptors (Lipinski definition) is 5. The second-order valence-corrected chi connectivity index (χ2v) is 6.15. The van der Waals surface area contributed by atoms with Gasteiger partial charge in [-0.25, -0.2) is 4.68 Å². The molecule has 25 heavy (non-hydrogen) atoms. The van der Waals surface area contributed by atoms with Gasteiger partial charge in [0.25, 0.3) is 5.56 Å². The maximum atomic E-state index is 12.0. The summed E-state index contributed by atoms with van der Waals surface area (Å²) in [4.78, 5) is 23.9. The van der Waals surface area contributed by atoms with Gasteiger partial charge in [0.2, 0.25) is 5.91 Å². The molecule has 2 aromatic rings. The number of amides is 1. The summed E-state index contributed by atoms with van der Waals surface area (Å²) in [6.45, 7) is 4.83. The summed E-state index contributed by atoms with van der Waals surface area (Å²) in [6, 6.07) is 8.59. The third-order valence-corrected chi connectivity index (χ3v) is 3.65. The van der Waals surface area contributed by atoms with Crippen LogP contribution in [0.1, 0.15) is 20.3 Å². The van der Waals surface area contributed by atoms with Crippen LogP contribution < -0.4 is 20.3 Å². The van der Waals surface area contributed by atoms with Gasteiger partial charge >= 0.3 is 0 Å². The Balaban J connectivity index is 1.88. The fourth-order valence-corrected chi connectivity index (χ4v) is 2.54. The number of hydrogen-bond donors (Lipinski definition) is 1. The highest BCUT2D eigenvalue weighted by Gasteiger charge is 2.13. The quantitative estimate of drug-likeness (QED) is 0.912. The van der Waals surface area contributed by atoms with Gasteiger partial charge in [-0.15, -0.1) is 0 Å². The van der Waals surface area contributed by atoms with Gasteiger partial charge in [0, 0.05) is 24.1 Å². The first kappa shape index (κ1) is 17.0. The molecule has 0 spiro atoms. The van der Waals surface area contributed by atoms with E-state index in [9.17, 15) is 9.59 Å². The van der Waals surface area contributed by atoms with Crippen molar-refractivity contribution in [1.82, 2.24) is 15.1 Å². The molecule has 1 amide bonds. The van der Waals surface area contributed by atoms with E-state index >= 15 is 0 Å². The van der Waals surface area contributed by atoms with E-state index in [1.165, 1.54) is 6.07 Å². The summed E-state index contributed by atoms with van der Waals surface area (Å²) in [5.41, 5.74) is 1.06. The maximum absolute atomic E-state index is 12.0. The van der Waals surface area contributed by atoms with Gasteiger partial charge in [0.15, 0.2) is 11.5 Å². The Hall–Kier alpha value is -2.83. The van der Waals surface area contributed by atoms with E-state index < -0.39 is 0 Å². The van der Waals surface area contributed by atoms with E-state index in [2.05, 4.69) is 10.4 Å². The maximum Gasteiger partial charge on any atom is 0.267 e. The van der Waals surface area contributed by atoms with E-state index in [-0.39, 0.29) is 24.1 Å². The van der Waals surface area contributed by atoms with E-state index in [0.717, 1.165) is 16.7 Å². The summed E-state index contributed by atoms with van der Waals surface area (Å²) in [7, 11) is 0. The minimum Gasteiger partial charge on any atom is -0.490 e. The Morgan fingerprint density at radius 1 is 1.20 bits per heavy atom. The second kappa shape index (κ2) is 7.38. The number of rotatable bonds is 4. The van der Waals surface area contributed by atoms with Gasteiger partial charge in [-0.2, -0.15) is 5.10 Å². The van der Waals surface area contributed by atoms with Crippen molar-refractivity contribution in [3.8, 4) is 22.8 Å². The lowest BCUT2D eigenvalue weighted by atomic mass is 10.1. The van der Waals surface area contributed by atoms with Crippen molar-refractivity contribution in [3.05, 3.63) is 40.7 Å². The number of fused-ring (bicyclic) bond motifs is 1. The molecule has 0 radical (unpaired) electrons. The van der Waals surface area contributed by atoms with Crippen molar-refractivity contribution in [1.29, 1.82) is 0 Å². The molecule has 0 aliphatic carbocycles. The predicted octanol–water partition coefficient (Wildman–Crippen LogP) is 1.60. The predicted molar refractivity (Wildman–Crippen MR) is 92.8 cm³/mol. The summed E-state index contributed by atoms with van der Waals surface area (Å²) in [5, 5.41) is 7.06. The van der Waals surface area contributed by atoms with Gasteiger partial charge in [-0.1, -0.05) is 0 Å². The zero-order valence-corrected chi connectivity index (χ0v) is 14.3. The Labute approximate surface area is 145 Å². The van der Waals surface area contributed by atoms with Crippen LogP contribution in [0.25, 0.3) is 11.3 Å². The van der Waals surface area contributed by atoms with Crippen LogP contribution in [-0.2, 0) is 11.3 Å². The van der Waals surface area contributed by atoms with Crippen molar-refractivity contribution >= 4 is 5.91 Å². The normalized spacial score (nSPS) is 13.4. The van der Waals surface area contributed by atoms with Gasteiger partial charge in [0.05, 0.1) is 18.9 Å². The fourth-order valence-electron chi connectivity index (χ4n) is 2.54. The molecule has 7 heteroatoms. The van der Waals surface area contributed by atoms with Gasteiger partial charge in [-0.3, -0.25) is 9.59 Å². The lowest BCUT2D eigenvalue weighted by Crippen LogP contribution is -2.36. The molecular formula is C18H21N3O4. The van der Waals surface area contributed by atoms with Crippen LogP contribution >= 0.6 is 0 Å². The van der Waals surface area contributed by atoms with Crippen molar-refractivity contribution in [2.45, 2.75) is 32.9 Å². The Morgan fingerprint density at radius 3 is 2.72 bits per heavy atom. The largest absolute Gasteiger partial charge is 0.490 e. The van der Waals surface area contributed by atoms with Gasteiger partial charge in [-0.05, 0) is 38.1 Å². The second-order valence-electron chi connectivity index (χ2n) is 6.15. The van der Waals surface area contributed by atoms with E-state index in [4.69, 9.17) is 9.47 Å². The third-order valence-electron chi connectivity index (χ3n) is 3.65. The van der Waals surface area contributed by atoms with Gasteiger partial charge in [0.1, 0.15) is 6.54 Å². The molecule has 2 heterocycles. The standard InChI is InChI=1S/C18H21N3O4/c1-12(2)19-17(22)11-21-18(23)7-5-14(20-21)13-4-6-15-16(10-13)25-9-3-8-24-15/h4-7,10,12H,3,8-9,11H2,1-2H3,(H,19,22). The molecule has 0 unspecified atom stereocenters. The molecule has 132 valence electrons. The number of aromatic nitrogens is 2. The highest BCUT2D eigenvalue weighted by molar-refractivity contribution is 5.75. The first-order valence-electron chi connectivity index (χ1n) is 8.30. The molecule has 1 aromatic carbocycles. The highest BCUT2D eigenvalue weighted by atomic mass is 16.5. The molecule has 0 atom stereocenters. The lowest BCUT2D eigenvalue weighted by Gasteiger charge is -2.11. The number of benzene rings is 1. The monoisotopic (exact) mass is 343 g/mol. The Morgan fingerprint density at radius 2 is 1.96 bits per heavy atom. The minimum atomic E-state index is -0.322. The molecule has 1 aliphatic heterocycles. The first-order chi connectivity index (χ1) is 12.0. The van der Waals surface area contributed by atoms with Crippen LogP contribution in [0.15, 0.2) is 35.1 Å². The highest BCUT2D eigenvalue weighted by Crippen LogP contribution is 2.33. The molecule has 1 aliphatic rings. The van der Waals surface area contributed by atoms with Crippen molar-refractivity contribution < 1.29 is 14.3 Å². The van der Waals surface area contributed by atoms with Crippen molar-refractivity contribution in [2.24, 2.45) is 0 Å². The molecule has 0 saturated heterocycles. The van der Waals surface area contributed by atoms with Gasteiger partial charge < -0.3 is 14.8 Å². The SMILES string of the molecule is CC(C)NC(=O)Cn1nc(-c2ccc3c(c2)OCCCO3)ccc1=O. The summed E-state index contributed by atoms with van der Waals surface area (Å²) >= 11 is 0. The Bertz CT molecular complexity index is 829. The Kier molecular flexibility index (Phi) is 5.02. The molecule has 7 nitrogen and oxygen atoms in total. The van der Waals surface area contributed by atoms with E-state index in [1.54, 1.807) is 6.07 Å². The van der Waals surface area contributed by atoms with E-state index in [1.807, 2.05) is 32.0 Å². The average molecular weight is 343 g/mol. The molecule has 0 saturated carbocycles. The third kappa shape index (κ3) is 4.17. The summed E-state index contributed by atoms with van der Waals surface area (Å²) in [5.74, 6) is 1.11. The molecule has 0 bridgehead atoms. The molecule has 0 fully saturated rings. The molecule has 1 aromatic heterocycles. The number of nitrogens with one attached hydrogen (secondary N) is 1. The summed E-state index contributed by atoms with van der Waals surface area (Å²) < 4.78 is 12.5. The zero-order chi connectivity index (χ0) is 17.8. The van der Waals surface area contributed by atoms with Crippen LogP contribution in [-0.4, -0.2) is 34.9 Å². The van der Waals surface area contributed by atoms with Crippen LogP contribution in [0.3, 0.4) is 0 Å². The topological polar surface area (TPSA) is 82.5 Å². The molecule has 3 rings (SSSR count). The number of carbonyl (C=O) groups excluding carboxylic acids is 1. The molecule has 1 N–H and O–H groups in total. The number of nitrogens with zero attached hydrogens (tertiary/aromatic N) is 2. The minimum absolute atomic E-state index is 0.00751. The number of ether oxygens (including phenoxy) is 2. The zero-order valence-electron chi connectivity index (χ0n) is 14.3. The van der Waals surface area contributed by atoms with Crippen LogP contribution in [0.2, 0.25) is 0 Å². The van der Waals surface area contributed by atoms with Crippen LogP contribution in [0.4, 0.5) is 0 Å².